The predicted octanol–water partition coefficient (Wildman–Crippen LogP) is 4.13. The summed E-state index contributed by atoms with van der Waals surface area (Å²) in [5, 5.41) is 2.74. The Bertz CT molecular complexity index is 876. The average Bonchev–Trinajstić information content (AvgIpc) is 2.73. The molecule has 1 fully saturated rings. The van der Waals surface area contributed by atoms with Gasteiger partial charge in [0.25, 0.3) is 11.8 Å². The Labute approximate surface area is 163 Å². The van der Waals surface area contributed by atoms with Gasteiger partial charge in [-0.05, 0) is 48.7 Å². The maximum absolute atomic E-state index is 13.4. The van der Waals surface area contributed by atoms with Gasteiger partial charge in [-0.1, -0.05) is 31.4 Å². The Morgan fingerprint density at radius 2 is 1.86 bits per heavy atom. The summed E-state index contributed by atoms with van der Waals surface area (Å²) in [6, 6.07) is 11.6. The zero-order chi connectivity index (χ0) is 19.5. The van der Waals surface area contributed by atoms with E-state index in [0.29, 0.717) is 23.5 Å². The molecule has 6 heteroatoms. The Hall–Kier alpha value is -2.89. The lowest BCUT2D eigenvalue weighted by Gasteiger charge is -2.35. The predicted molar refractivity (Wildman–Crippen MR) is 104 cm³/mol. The third-order valence-electron chi connectivity index (χ3n) is 5.40. The third-order valence-corrected chi connectivity index (χ3v) is 5.40. The fourth-order valence-corrected chi connectivity index (χ4v) is 3.92. The molecule has 2 aromatic carbocycles. The highest BCUT2D eigenvalue weighted by Gasteiger charge is 2.27. The number of halogens is 1. The number of carbonyl (C=O) groups excluding carboxylic acids is 2. The molecule has 2 amide bonds. The van der Waals surface area contributed by atoms with Crippen LogP contribution < -0.4 is 10.1 Å². The van der Waals surface area contributed by atoms with Crippen molar-refractivity contribution in [2.45, 2.75) is 44.7 Å². The van der Waals surface area contributed by atoms with Gasteiger partial charge in [0, 0.05) is 18.2 Å². The van der Waals surface area contributed by atoms with Crippen LogP contribution in [-0.4, -0.2) is 29.4 Å². The molecule has 28 heavy (non-hydrogen) atoms. The molecule has 0 atom stereocenters. The molecular weight excluding hydrogens is 359 g/mol. The first-order chi connectivity index (χ1) is 13.6. The maximum Gasteiger partial charge on any atom is 0.262 e. The molecule has 0 bridgehead atoms. The van der Waals surface area contributed by atoms with Gasteiger partial charge in [0.2, 0.25) is 0 Å². The molecule has 0 unspecified atom stereocenters. The Kier molecular flexibility index (Phi) is 5.28. The van der Waals surface area contributed by atoms with Crippen LogP contribution in [0.5, 0.6) is 5.75 Å². The van der Waals surface area contributed by atoms with Crippen molar-refractivity contribution < 1.29 is 18.7 Å². The average molecular weight is 382 g/mol. The SMILES string of the molecule is O=C1COc2cc(C(=O)N(Cc3ccc(F)cc3)C3CCCCC3)ccc2N1. The van der Waals surface area contributed by atoms with E-state index in [0.717, 1.165) is 31.2 Å². The molecule has 2 aromatic rings. The molecule has 1 aliphatic carbocycles. The Balaban J connectivity index is 1.60. The van der Waals surface area contributed by atoms with Gasteiger partial charge in [-0.15, -0.1) is 0 Å². The number of fused-ring (bicyclic) bond motifs is 1. The van der Waals surface area contributed by atoms with Crippen LogP contribution in [0.1, 0.15) is 48.0 Å². The topological polar surface area (TPSA) is 58.6 Å². The number of nitrogens with one attached hydrogen (secondary N) is 1. The van der Waals surface area contributed by atoms with E-state index in [9.17, 15) is 14.0 Å². The van der Waals surface area contributed by atoms with Crippen molar-refractivity contribution in [3.63, 3.8) is 0 Å². The van der Waals surface area contributed by atoms with Crippen LogP contribution >= 0.6 is 0 Å². The van der Waals surface area contributed by atoms with E-state index in [1.807, 2.05) is 4.90 Å². The molecule has 146 valence electrons. The maximum atomic E-state index is 13.4. The number of nitrogens with zero attached hydrogens (tertiary/aromatic N) is 1. The molecule has 0 spiro atoms. The number of ether oxygens (including phenoxy) is 1. The smallest absolute Gasteiger partial charge is 0.262 e. The monoisotopic (exact) mass is 382 g/mol. The molecule has 0 saturated heterocycles. The lowest BCUT2D eigenvalue weighted by Crippen LogP contribution is -2.41. The van der Waals surface area contributed by atoms with Gasteiger partial charge in [0.15, 0.2) is 6.61 Å². The molecule has 1 heterocycles. The minimum atomic E-state index is -0.284. The second-order valence-corrected chi connectivity index (χ2v) is 7.40. The Morgan fingerprint density at radius 1 is 1.11 bits per heavy atom. The molecular formula is C22H23FN2O3. The minimum Gasteiger partial charge on any atom is -0.482 e. The summed E-state index contributed by atoms with van der Waals surface area (Å²) in [6.07, 6.45) is 5.37. The normalized spacial score (nSPS) is 16.7. The third kappa shape index (κ3) is 4.01. The largest absolute Gasteiger partial charge is 0.482 e. The number of amides is 2. The standard InChI is InChI=1S/C22H23FN2O3/c23-17-9-6-15(7-10-17)13-25(18-4-2-1-3-5-18)22(27)16-8-11-19-20(12-16)28-14-21(26)24-19/h6-12,18H,1-5,13-14H2,(H,24,26). The molecule has 4 rings (SSSR count). The van der Waals surface area contributed by atoms with Crippen LogP contribution in [0.25, 0.3) is 0 Å². The van der Waals surface area contributed by atoms with Crippen molar-refractivity contribution in [2.75, 3.05) is 11.9 Å². The molecule has 2 aliphatic rings. The van der Waals surface area contributed by atoms with E-state index < -0.39 is 0 Å². The van der Waals surface area contributed by atoms with E-state index in [2.05, 4.69) is 5.32 Å². The van der Waals surface area contributed by atoms with Crippen LogP contribution in [0.2, 0.25) is 0 Å². The first kappa shape index (κ1) is 18.5. The summed E-state index contributed by atoms with van der Waals surface area (Å²) >= 11 is 0. The zero-order valence-electron chi connectivity index (χ0n) is 15.6. The fraction of sp³-hybridized carbons (Fsp3) is 0.364. The molecule has 0 aromatic heterocycles. The van der Waals surface area contributed by atoms with Crippen LogP contribution in [0.15, 0.2) is 42.5 Å². The molecule has 1 N–H and O–H groups in total. The summed E-state index contributed by atoms with van der Waals surface area (Å²) in [6.45, 7) is 0.394. The fourth-order valence-electron chi connectivity index (χ4n) is 3.92. The second-order valence-electron chi connectivity index (χ2n) is 7.40. The van der Waals surface area contributed by atoms with Crippen molar-refractivity contribution in [2.24, 2.45) is 0 Å². The van der Waals surface area contributed by atoms with Crippen LogP contribution in [0.3, 0.4) is 0 Å². The van der Waals surface area contributed by atoms with Crippen LogP contribution in [-0.2, 0) is 11.3 Å². The molecule has 1 saturated carbocycles. The summed E-state index contributed by atoms with van der Waals surface area (Å²) in [5.74, 6) is -0.0461. The highest BCUT2D eigenvalue weighted by molar-refractivity contribution is 5.99. The highest BCUT2D eigenvalue weighted by Crippen LogP contribution is 2.31. The van der Waals surface area contributed by atoms with E-state index in [4.69, 9.17) is 4.74 Å². The van der Waals surface area contributed by atoms with Gasteiger partial charge in [-0.3, -0.25) is 9.59 Å². The lowest BCUT2D eigenvalue weighted by atomic mass is 9.93. The van der Waals surface area contributed by atoms with Crippen molar-refractivity contribution in [1.82, 2.24) is 4.90 Å². The van der Waals surface area contributed by atoms with E-state index >= 15 is 0 Å². The van der Waals surface area contributed by atoms with Crippen molar-refractivity contribution in [3.05, 3.63) is 59.4 Å². The zero-order valence-corrected chi connectivity index (χ0v) is 15.6. The van der Waals surface area contributed by atoms with Crippen LogP contribution in [0.4, 0.5) is 10.1 Å². The van der Waals surface area contributed by atoms with Gasteiger partial charge in [0.1, 0.15) is 11.6 Å². The van der Waals surface area contributed by atoms with Gasteiger partial charge < -0.3 is 15.0 Å². The van der Waals surface area contributed by atoms with E-state index in [1.165, 1.54) is 18.6 Å². The van der Waals surface area contributed by atoms with E-state index in [1.54, 1.807) is 30.3 Å². The highest BCUT2D eigenvalue weighted by atomic mass is 19.1. The lowest BCUT2D eigenvalue weighted by molar-refractivity contribution is -0.118. The molecule has 5 nitrogen and oxygen atoms in total. The summed E-state index contributed by atoms with van der Waals surface area (Å²) in [5.41, 5.74) is 2.01. The number of hydrogen-bond donors (Lipinski definition) is 1. The second kappa shape index (κ2) is 8.00. The van der Waals surface area contributed by atoms with Gasteiger partial charge in [0.05, 0.1) is 5.69 Å². The van der Waals surface area contributed by atoms with Gasteiger partial charge >= 0.3 is 0 Å². The summed E-state index contributed by atoms with van der Waals surface area (Å²) < 4.78 is 18.7. The number of benzene rings is 2. The first-order valence-corrected chi connectivity index (χ1v) is 9.72. The quantitative estimate of drug-likeness (QED) is 0.865. The molecule has 0 radical (unpaired) electrons. The van der Waals surface area contributed by atoms with Crippen LogP contribution in [0, 0.1) is 5.82 Å². The summed E-state index contributed by atoms with van der Waals surface area (Å²) in [7, 11) is 0. The van der Waals surface area contributed by atoms with Gasteiger partial charge in [-0.25, -0.2) is 4.39 Å². The van der Waals surface area contributed by atoms with Gasteiger partial charge in [-0.2, -0.15) is 0 Å². The van der Waals surface area contributed by atoms with Crippen molar-refractivity contribution in [1.29, 1.82) is 0 Å². The minimum absolute atomic E-state index is 0.0490. The van der Waals surface area contributed by atoms with Crippen molar-refractivity contribution >= 4 is 17.5 Å². The number of hydrogen-bond acceptors (Lipinski definition) is 3. The number of rotatable bonds is 4. The first-order valence-electron chi connectivity index (χ1n) is 9.72. The molecule has 1 aliphatic heterocycles. The van der Waals surface area contributed by atoms with E-state index in [-0.39, 0.29) is 30.3 Å². The van der Waals surface area contributed by atoms with Crippen molar-refractivity contribution in [3.8, 4) is 5.75 Å². The number of carbonyl (C=O) groups is 2. The summed E-state index contributed by atoms with van der Waals surface area (Å²) in [4.78, 5) is 26.7. The Morgan fingerprint density at radius 3 is 2.61 bits per heavy atom. The number of anilines is 1.